The molecular formula is C13H12F2N4O4. The summed E-state index contributed by atoms with van der Waals surface area (Å²) in [5, 5.41) is 2.27. The number of rotatable bonds is 5. The van der Waals surface area contributed by atoms with Gasteiger partial charge >= 0.3 is 12.3 Å². The number of aromatic nitrogens is 3. The number of nitrogens with zero attached hydrogens (tertiary/aromatic N) is 3. The minimum atomic E-state index is -3.07. The average molecular weight is 326 g/mol. The second-order valence-electron chi connectivity index (χ2n) is 4.40. The van der Waals surface area contributed by atoms with Crippen molar-refractivity contribution in [2.75, 3.05) is 5.32 Å². The maximum atomic E-state index is 12.3. The molecule has 0 bridgehead atoms. The Labute approximate surface area is 128 Å². The summed E-state index contributed by atoms with van der Waals surface area (Å²) in [6, 6.07) is 3.71. The number of hydrogen-bond donors (Lipinski definition) is 1. The number of alkyl halides is 2. The van der Waals surface area contributed by atoms with Crippen LogP contribution in [-0.2, 0) is 18.4 Å². The zero-order valence-corrected chi connectivity index (χ0v) is 11.9. The molecule has 2 heterocycles. The van der Waals surface area contributed by atoms with E-state index >= 15 is 0 Å². The summed E-state index contributed by atoms with van der Waals surface area (Å²) in [5.41, 5.74) is -1.19. The minimum absolute atomic E-state index is 0.198. The van der Waals surface area contributed by atoms with E-state index in [1.807, 2.05) is 0 Å². The van der Waals surface area contributed by atoms with Gasteiger partial charge in [0.2, 0.25) is 5.91 Å². The Kier molecular flexibility index (Phi) is 4.84. The highest BCUT2D eigenvalue weighted by atomic mass is 19.3. The Balaban J connectivity index is 2.16. The summed E-state index contributed by atoms with van der Waals surface area (Å²) < 4.78 is 30.6. The third kappa shape index (κ3) is 3.99. The molecule has 23 heavy (non-hydrogen) atoms. The zero-order chi connectivity index (χ0) is 17.0. The average Bonchev–Trinajstić information content (AvgIpc) is 2.49. The molecule has 0 aliphatic carbocycles. The SMILES string of the molecule is Cn1c(=O)ccn(CC(=O)Nc2ncccc2OC(F)F)c1=O. The van der Waals surface area contributed by atoms with Gasteiger partial charge in [-0.25, -0.2) is 9.78 Å². The predicted molar refractivity (Wildman–Crippen MR) is 75.4 cm³/mol. The number of nitrogens with one attached hydrogen (secondary N) is 1. The van der Waals surface area contributed by atoms with Crippen molar-refractivity contribution in [2.24, 2.45) is 7.05 Å². The molecule has 0 aliphatic heterocycles. The van der Waals surface area contributed by atoms with Crippen LogP contribution in [0.15, 0.2) is 40.2 Å². The van der Waals surface area contributed by atoms with Crippen molar-refractivity contribution in [2.45, 2.75) is 13.2 Å². The van der Waals surface area contributed by atoms with E-state index in [0.717, 1.165) is 15.2 Å². The van der Waals surface area contributed by atoms with Crippen LogP contribution in [0.1, 0.15) is 0 Å². The molecule has 0 saturated heterocycles. The van der Waals surface area contributed by atoms with E-state index in [9.17, 15) is 23.2 Å². The lowest BCUT2D eigenvalue weighted by Crippen LogP contribution is -2.39. The quantitative estimate of drug-likeness (QED) is 0.846. The van der Waals surface area contributed by atoms with Gasteiger partial charge in [-0.1, -0.05) is 0 Å². The first-order valence-corrected chi connectivity index (χ1v) is 6.34. The van der Waals surface area contributed by atoms with Crippen LogP contribution in [0.5, 0.6) is 5.75 Å². The summed E-state index contributed by atoms with van der Waals surface area (Å²) in [7, 11) is 1.27. The number of hydrogen-bond acceptors (Lipinski definition) is 5. The standard InChI is InChI=1S/C13H12F2N4O4/c1-18-10(21)4-6-19(13(18)22)7-9(20)17-11-8(23-12(14)15)3-2-5-16-11/h2-6,12H,7H2,1H3,(H,16,17,20). The molecule has 2 aromatic heterocycles. The molecule has 10 heteroatoms. The molecule has 0 fully saturated rings. The van der Waals surface area contributed by atoms with Crippen molar-refractivity contribution in [3.63, 3.8) is 0 Å². The lowest BCUT2D eigenvalue weighted by atomic mass is 10.4. The van der Waals surface area contributed by atoms with Crippen LogP contribution in [0.3, 0.4) is 0 Å². The fraction of sp³-hybridized carbons (Fsp3) is 0.231. The molecule has 2 rings (SSSR count). The Morgan fingerprint density at radius 2 is 2.13 bits per heavy atom. The lowest BCUT2D eigenvalue weighted by molar-refractivity contribution is -0.116. The number of amides is 1. The third-order valence-electron chi connectivity index (χ3n) is 2.82. The van der Waals surface area contributed by atoms with Gasteiger partial charge in [0.15, 0.2) is 11.6 Å². The van der Waals surface area contributed by atoms with Crippen LogP contribution < -0.4 is 21.3 Å². The second kappa shape index (κ2) is 6.81. The molecule has 0 spiro atoms. The number of halogens is 2. The van der Waals surface area contributed by atoms with E-state index in [1.54, 1.807) is 0 Å². The first-order chi connectivity index (χ1) is 10.9. The Morgan fingerprint density at radius 1 is 1.39 bits per heavy atom. The molecule has 1 N–H and O–H groups in total. The first kappa shape index (κ1) is 16.3. The van der Waals surface area contributed by atoms with Crippen LogP contribution >= 0.6 is 0 Å². The zero-order valence-electron chi connectivity index (χ0n) is 11.9. The van der Waals surface area contributed by atoms with Crippen LogP contribution in [0.4, 0.5) is 14.6 Å². The molecule has 0 aliphatic rings. The molecule has 0 atom stereocenters. The maximum absolute atomic E-state index is 12.3. The number of anilines is 1. The topological polar surface area (TPSA) is 95.2 Å². The summed E-state index contributed by atoms with van der Waals surface area (Å²) >= 11 is 0. The highest BCUT2D eigenvalue weighted by Crippen LogP contribution is 2.22. The minimum Gasteiger partial charge on any atom is -0.431 e. The molecule has 122 valence electrons. The van der Waals surface area contributed by atoms with Crippen LogP contribution in [0.2, 0.25) is 0 Å². The summed E-state index contributed by atoms with van der Waals surface area (Å²) in [5.74, 6) is -1.19. The number of carbonyl (C=O) groups excluding carboxylic acids is 1. The Hall–Kier alpha value is -3.04. The van der Waals surface area contributed by atoms with Gasteiger partial charge in [0, 0.05) is 25.5 Å². The Morgan fingerprint density at radius 3 is 2.83 bits per heavy atom. The number of ether oxygens (including phenoxy) is 1. The van der Waals surface area contributed by atoms with Gasteiger partial charge in [0.05, 0.1) is 0 Å². The normalized spacial score (nSPS) is 10.6. The highest BCUT2D eigenvalue weighted by Gasteiger charge is 2.14. The summed E-state index contributed by atoms with van der Waals surface area (Å²) in [4.78, 5) is 38.7. The summed E-state index contributed by atoms with van der Waals surface area (Å²) in [6.45, 7) is -3.49. The van der Waals surface area contributed by atoms with Crippen molar-refractivity contribution >= 4 is 11.7 Å². The molecular weight excluding hydrogens is 314 g/mol. The van der Waals surface area contributed by atoms with Gasteiger partial charge in [0.25, 0.3) is 5.56 Å². The van der Waals surface area contributed by atoms with E-state index in [1.165, 1.54) is 31.6 Å². The number of carbonyl (C=O) groups is 1. The van der Waals surface area contributed by atoms with Crippen LogP contribution in [-0.4, -0.2) is 26.6 Å². The van der Waals surface area contributed by atoms with Crippen molar-refractivity contribution in [3.8, 4) is 5.75 Å². The fourth-order valence-corrected chi connectivity index (χ4v) is 1.74. The maximum Gasteiger partial charge on any atom is 0.387 e. The third-order valence-corrected chi connectivity index (χ3v) is 2.82. The van der Waals surface area contributed by atoms with E-state index in [0.29, 0.717) is 0 Å². The largest absolute Gasteiger partial charge is 0.431 e. The number of pyridine rings is 1. The summed E-state index contributed by atoms with van der Waals surface area (Å²) in [6.07, 6.45) is 2.45. The van der Waals surface area contributed by atoms with Gasteiger partial charge in [-0.05, 0) is 12.1 Å². The van der Waals surface area contributed by atoms with Gasteiger partial charge in [0.1, 0.15) is 6.54 Å². The van der Waals surface area contributed by atoms with Crippen molar-refractivity contribution in [1.82, 2.24) is 14.1 Å². The predicted octanol–water partition coefficient (Wildman–Crippen LogP) is 0.182. The highest BCUT2D eigenvalue weighted by molar-refractivity contribution is 5.90. The lowest BCUT2D eigenvalue weighted by Gasteiger charge is -2.11. The van der Waals surface area contributed by atoms with Crippen molar-refractivity contribution in [1.29, 1.82) is 0 Å². The molecule has 0 unspecified atom stereocenters. The molecule has 0 aromatic carbocycles. The van der Waals surface area contributed by atoms with Crippen molar-refractivity contribution < 1.29 is 18.3 Å². The van der Waals surface area contributed by atoms with Gasteiger partial charge in [-0.2, -0.15) is 8.78 Å². The smallest absolute Gasteiger partial charge is 0.387 e. The molecule has 0 saturated carbocycles. The monoisotopic (exact) mass is 326 g/mol. The van der Waals surface area contributed by atoms with E-state index in [2.05, 4.69) is 15.0 Å². The van der Waals surface area contributed by atoms with E-state index in [4.69, 9.17) is 0 Å². The molecule has 0 radical (unpaired) electrons. The van der Waals surface area contributed by atoms with Crippen molar-refractivity contribution in [3.05, 3.63) is 51.4 Å². The molecule has 8 nitrogen and oxygen atoms in total. The van der Waals surface area contributed by atoms with Crippen LogP contribution in [0, 0.1) is 0 Å². The molecule has 1 amide bonds. The van der Waals surface area contributed by atoms with E-state index < -0.39 is 30.3 Å². The Bertz CT molecular complexity index is 831. The van der Waals surface area contributed by atoms with E-state index in [-0.39, 0.29) is 11.6 Å². The fourth-order valence-electron chi connectivity index (χ4n) is 1.74. The van der Waals surface area contributed by atoms with Gasteiger partial charge < -0.3 is 10.1 Å². The second-order valence-corrected chi connectivity index (χ2v) is 4.40. The van der Waals surface area contributed by atoms with Gasteiger partial charge in [-0.3, -0.25) is 18.7 Å². The first-order valence-electron chi connectivity index (χ1n) is 6.34. The molecule has 2 aromatic rings. The van der Waals surface area contributed by atoms with Crippen LogP contribution in [0.25, 0.3) is 0 Å². The van der Waals surface area contributed by atoms with Gasteiger partial charge in [-0.15, -0.1) is 0 Å².